The molecule has 0 heterocycles. The molecule has 1 aromatic rings. The molecule has 2 heteroatoms. The Labute approximate surface area is 104 Å². The van der Waals surface area contributed by atoms with Crippen LogP contribution in [0, 0.1) is 0 Å². The maximum absolute atomic E-state index is 9.29. The van der Waals surface area contributed by atoms with E-state index in [0.29, 0.717) is 6.04 Å². The van der Waals surface area contributed by atoms with Crippen LogP contribution in [0.1, 0.15) is 49.8 Å². The molecule has 2 rings (SSSR count). The van der Waals surface area contributed by atoms with Gasteiger partial charge >= 0.3 is 0 Å². The SMILES string of the molecule is CC(O)CCNC1CCCCc2ccccc21. The molecule has 2 nitrogen and oxygen atoms in total. The number of nitrogens with one attached hydrogen (secondary N) is 1. The summed E-state index contributed by atoms with van der Waals surface area (Å²) in [6, 6.07) is 9.25. The Morgan fingerprint density at radius 1 is 1.35 bits per heavy atom. The normalized spacial score (nSPS) is 21.6. The van der Waals surface area contributed by atoms with Gasteiger partial charge in [-0.1, -0.05) is 30.7 Å². The zero-order valence-corrected chi connectivity index (χ0v) is 10.7. The van der Waals surface area contributed by atoms with Gasteiger partial charge in [0, 0.05) is 6.04 Å². The number of aryl methyl sites for hydroxylation is 1. The van der Waals surface area contributed by atoms with Crippen molar-refractivity contribution in [2.45, 2.75) is 51.2 Å². The van der Waals surface area contributed by atoms with Crippen LogP contribution in [0.5, 0.6) is 0 Å². The second-order valence-corrected chi connectivity index (χ2v) is 5.09. The highest BCUT2D eigenvalue weighted by Crippen LogP contribution is 2.28. The third-order valence-electron chi connectivity index (χ3n) is 3.57. The Morgan fingerprint density at radius 3 is 3.00 bits per heavy atom. The minimum Gasteiger partial charge on any atom is -0.393 e. The molecule has 0 fully saturated rings. The number of benzene rings is 1. The lowest BCUT2D eigenvalue weighted by Crippen LogP contribution is -2.24. The van der Waals surface area contributed by atoms with Gasteiger partial charge in [-0.3, -0.25) is 0 Å². The zero-order chi connectivity index (χ0) is 12.1. The Bertz CT molecular complexity index is 349. The average Bonchev–Trinajstić information content (AvgIpc) is 2.52. The molecular weight excluding hydrogens is 210 g/mol. The van der Waals surface area contributed by atoms with Crippen molar-refractivity contribution in [1.82, 2.24) is 5.32 Å². The van der Waals surface area contributed by atoms with Crippen molar-refractivity contribution in [2.24, 2.45) is 0 Å². The molecule has 1 aromatic carbocycles. The van der Waals surface area contributed by atoms with Gasteiger partial charge < -0.3 is 10.4 Å². The van der Waals surface area contributed by atoms with E-state index in [1.54, 1.807) is 0 Å². The number of aliphatic hydroxyl groups is 1. The lowest BCUT2D eigenvalue weighted by Gasteiger charge is -2.19. The molecular formula is C15H23NO. The van der Waals surface area contributed by atoms with Crippen LogP contribution in [0.25, 0.3) is 0 Å². The third-order valence-corrected chi connectivity index (χ3v) is 3.57. The van der Waals surface area contributed by atoms with Crippen molar-refractivity contribution in [1.29, 1.82) is 0 Å². The molecule has 0 saturated carbocycles. The van der Waals surface area contributed by atoms with E-state index in [4.69, 9.17) is 0 Å². The summed E-state index contributed by atoms with van der Waals surface area (Å²) < 4.78 is 0. The fourth-order valence-corrected chi connectivity index (χ4v) is 2.60. The molecule has 1 aliphatic carbocycles. The summed E-state index contributed by atoms with van der Waals surface area (Å²) in [4.78, 5) is 0. The van der Waals surface area contributed by atoms with E-state index < -0.39 is 0 Å². The average molecular weight is 233 g/mol. The Kier molecular flexibility index (Phi) is 4.57. The highest BCUT2D eigenvalue weighted by molar-refractivity contribution is 5.31. The number of hydrogen-bond donors (Lipinski definition) is 2. The molecule has 17 heavy (non-hydrogen) atoms. The van der Waals surface area contributed by atoms with Gasteiger partial charge in [-0.25, -0.2) is 0 Å². The predicted octanol–water partition coefficient (Wildman–Crippen LogP) is 2.81. The molecule has 0 amide bonds. The maximum Gasteiger partial charge on any atom is 0.0524 e. The summed E-state index contributed by atoms with van der Waals surface area (Å²) in [6.07, 6.45) is 5.65. The minimum atomic E-state index is -0.205. The van der Waals surface area contributed by atoms with E-state index in [1.807, 2.05) is 6.92 Å². The molecule has 2 atom stereocenters. The first kappa shape index (κ1) is 12.6. The highest BCUT2D eigenvalue weighted by Gasteiger charge is 2.17. The van der Waals surface area contributed by atoms with E-state index >= 15 is 0 Å². The van der Waals surface area contributed by atoms with Crippen LogP contribution in [0.15, 0.2) is 24.3 Å². The molecule has 0 spiro atoms. The molecule has 94 valence electrons. The van der Waals surface area contributed by atoms with Crippen LogP contribution in [0.3, 0.4) is 0 Å². The van der Waals surface area contributed by atoms with Gasteiger partial charge in [0.25, 0.3) is 0 Å². The number of aliphatic hydroxyl groups excluding tert-OH is 1. The maximum atomic E-state index is 9.29. The van der Waals surface area contributed by atoms with Crippen molar-refractivity contribution in [3.05, 3.63) is 35.4 Å². The first-order chi connectivity index (χ1) is 8.27. The summed E-state index contributed by atoms with van der Waals surface area (Å²) in [5.41, 5.74) is 2.97. The second kappa shape index (κ2) is 6.18. The van der Waals surface area contributed by atoms with E-state index in [1.165, 1.54) is 36.8 Å². The summed E-state index contributed by atoms with van der Waals surface area (Å²) in [6.45, 7) is 2.75. The second-order valence-electron chi connectivity index (χ2n) is 5.09. The number of hydrogen-bond acceptors (Lipinski definition) is 2. The van der Waals surface area contributed by atoms with Crippen molar-refractivity contribution in [2.75, 3.05) is 6.54 Å². The van der Waals surface area contributed by atoms with Crippen molar-refractivity contribution in [3.63, 3.8) is 0 Å². The van der Waals surface area contributed by atoms with Crippen LogP contribution < -0.4 is 5.32 Å². The highest BCUT2D eigenvalue weighted by atomic mass is 16.3. The van der Waals surface area contributed by atoms with Crippen molar-refractivity contribution in [3.8, 4) is 0 Å². The summed E-state index contributed by atoms with van der Waals surface area (Å²) in [5.74, 6) is 0. The van der Waals surface area contributed by atoms with E-state index in [2.05, 4.69) is 29.6 Å². The zero-order valence-electron chi connectivity index (χ0n) is 10.7. The first-order valence-electron chi connectivity index (χ1n) is 6.76. The lowest BCUT2D eigenvalue weighted by atomic mass is 9.99. The fraction of sp³-hybridized carbons (Fsp3) is 0.600. The van der Waals surface area contributed by atoms with Crippen molar-refractivity contribution >= 4 is 0 Å². The Balaban J connectivity index is 2.01. The van der Waals surface area contributed by atoms with Gasteiger partial charge in [-0.05, 0) is 50.3 Å². The molecule has 1 aliphatic rings. The van der Waals surface area contributed by atoms with Gasteiger partial charge in [0.2, 0.25) is 0 Å². The molecule has 0 aromatic heterocycles. The first-order valence-corrected chi connectivity index (χ1v) is 6.76. The van der Waals surface area contributed by atoms with E-state index in [9.17, 15) is 5.11 Å². The van der Waals surface area contributed by atoms with Gasteiger partial charge in [-0.15, -0.1) is 0 Å². The van der Waals surface area contributed by atoms with Gasteiger partial charge in [0.1, 0.15) is 0 Å². The lowest BCUT2D eigenvalue weighted by molar-refractivity contribution is 0.182. The van der Waals surface area contributed by atoms with Crippen LogP contribution in [-0.4, -0.2) is 17.8 Å². The molecule has 2 N–H and O–H groups in total. The van der Waals surface area contributed by atoms with Crippen LogP contribution in [-0.2, 0) is 6.42 Å². The van der Waals surface area contributed by atoms with E-state index in [-0.39, 0.29) is 6.10 Å². The molecule has 0 saturated heterocycles. The van der Waals surface area contributed by atoms with Gasteiger partial charge in [0.15, 0.2) is 0 Å². The molecule has 0 radical (unpaired) electrons. The fourth-order valence-electron chi connectivity index (χ4n) is 2.60. The Hall–Kier alpha value is -0.860. The van der Waals surface area contributed by atoms with Gasteiger partial charge in [-0.2, -0.15) is 0 Å². The monoisotopic (exact) mass is 233 g/mol. The Morgan fingerprint density at radius 2 is 2.18 bits per heavy atom. The van der Waals surface area contributed by atoms with Crippen molar-refractivity contribution < 1.29 is 5.11 Å². The molecule has 2 unspecified atom stereocenters. The van der Waals surface area contributed by atoms with Crippen LogP contribution >= 0.6 is 0 Å². The van der Waals surface area contributed by atoms with Crippen LogP contribution in [0.2, 0.25) is 0 Å². The minimum absolute atomic E-state index is 0.205. The summed E-state index contributed by atoms with van der Waals surface area (Å²) in [5, 5.41) is 12.9. The largest absolute Gasteiger partial charge is 0.393 e. The van der Waals surface area contributed by atoms with E-state index in [0.717, 1.165) is 13.0 Å². The summed E-state index contributed by atoms with van der Waals surface area (Å²) in [7, 11) is 0. The predicted molar refractivity (Wildman–Crippen MR) is 71.0 cm³/mol. The number of rotatable bonds is 4. The van der Waals surface area contributed by atoms with Crippen LogP contribution in [0.4, 0.5) is 0 Å². The smallest absolute Gasteiger partial charge is 0.0524 e. The molecule has 0 aliphatic heterocycles. The standard InChI is InChI=1S/C15H23NO/c1-12(17)10-11-16-15-9-5-3-7-13-6-2-4-8-14(13)15/h2,4,6,8,12,15-17H,3,5,7,9-11H2,1H3. The molecule has 0 bridgehead atoms. The van der Waals surface area contributed by atoms with Gasteiger partial charge in [0.05, 0.1) is 6.10 Å². The third kappa shape index (κ3) is 3.55. The summed E-state index contributed by atoms with van der Waals surface area (Å²) >= 11 is 0. The number of fused-ring (bicyclic) bond motifs is 1. The topological polar surface area (TPSA) is 32.3 Å². The quantitative estimate of drug-likeness (QED) is 0.784.